The molecular weight excluding hydrogens is 276 g/mol. The molecule has 0 unspecified atom stereocenters. The molecule has 0 spiro atoms. The van der Waals surface area contributed by atoms with Crippen molar-refractivity contribution in [2.24, 2.45) is 0 Å². The minimum absolute atomic E-state index is 0.695. The molecule has 0 aliphatic carbocycles. The van der Waals surface area contributed by atoms with Crippen LogP contribution in [0.4, 0.5) is 5.69 Å². The first kappa shape index (κ1) is 11.7. The Morgan fingerprint density at radius 3 is 2.59 bits per heavy atom. The van der Waals surface area contributed by atoms with Crippen LogP contribution in [-0.2, 0) is 6.54 Å². The van der Waals surface area contributed by atoms with Gasteiger partial charge >= 0.3 is 0 Å². The fourth-order valence-corrected chi connectivity index (χ4v) is 1.79. The summed E-state index contributed by atoms with van der Waals surface area (Å²) in [5.74, 6) is 0. The largest absolute Gasteiger partial charge is 0.381 e. The summed E-state index contributed by atoms with van der Waals surface area (Å²) in [5.41, 5.74) is 2.86. The topological polar surface area (TPSA) is 35.8 Å². The molecule has 2 nitrogen and oxygen atoms in total. The van der Waals surface area contributed by atoms with Crippen molar-refractivity contribution >= 4 is 21.6 Å². The molecule has 0 aliphatic rings. The summed E-state index contributed by atoms with van der Waals surface area (Å²) in [5, 5.41) is 12.1. The molecule has 0 fully saturated rings. The lowest BCUT2D eigenvalue weighted by Crippen LogP contribution is -1.99. The van der Waals surface area contributed by atoms with E-state index in [0.29, 0.717) is 5.56 Å². The average molecular weight is 287 g/mol. The predicted octanol–water partition coefficient (Wildman–Crippen LogP) is 3.93. The van der Waals surface area contributed by atoms with Gasteiger partial charge in [0.2, 0.25) is 0 Å². The van der Waals surface area contributed by atoms with Gasteiger partial charge in [-0.05, 0) is 42.0 Å². The summed E-state index contributed by atoms with van der Waals surface area (Å²) in [6.45, 7) is 0.719. The number of hydrogen-bond donors (Lipinski definition) is 1. The van der Waals surface area contributed by atoms with Crippen molar-refractivity contribution in [3.8, 4) is 6.07 Å². The highest BCUT2D eigenvalue weighted by Gasteiger charge is 1.96. The van der Waals surface area contributed by atoms with Gasteiger partial charge in [0.25, 0.3) is 0 Å². The van der Waals surface area contributed by atoms with Crippen LogP contribution in [-0.4, -0.2) is 0 Å². The van der Waals surface area contributed by atoms with E-state index in [9.17, 15) is 0 Å². The predicted molar refractivity (Wildman–Crippen MR) is 72.6 cm³/mol. The van der Waals surface area contributed by atoms with E-state index in [1.165, 1.54) is 0 Å². The van der Waals surface area contributed by atoms with Crippen LogP contribution in [0.15, 0.2) is 53.0 Å². The first-order chi connectivity index (χ1) is 8.28. The third-order valence-corrected chi connectivity index (χ3v) is 2.93. The molecule has 2 aromatic carbocycles. The lowest BCUT2D eigenvalue weighted by atomic mass is 10.1. The number of nitrogens with one attached hydrogen (secondary N) is 1. The molecule has 0 saturated heterocycles. The van der Waals surface area contributed by atoms with Crippen LogP contribution in [0.25, 0.3) is 0 Å². The first-order valence-corrected chi connectivity index (χ1v) is 6.06. The number of halogens is 1. The minimum atomic E-state index is 0.695. The van der Waals surface area contributed by atoms with Crippen LogP contribution < -0.4 is 5.32 Å². The average Bonchev–Trinajstić information content (AvgIpc) is 2.38. The molecule has 0 aliphatic heterocycles. The summed E-state index contributed by atoms with van der Waals surface area (Å²) >= 11 is 3.40. The second kappa shape index (κ2) is 5.51. The summed E-state index contributed by atoms with van der Waals surface area (Å²) in [4.78, 5) is 0. The fourth-order valence-electron chi connectivity index (χ4n) is 1.52. The van der Waals surface area contributed by atoms with Gasteiger partial charge in [-0.15, -0.1) is 0 Å². The van der Waals surface area contributed by atoms with E-state index in [2.05, 4.69) is 27.3 Å². The van der Waals surface area contributed by atoms with E-state index >= 15 is 0 Å². The molecule has 0 atom stereocenters. The molecule has 0 heterocycles. The molecule has 0 radical (unpaired) electrons. The molecule has 0 saturated carbocycles. The highest BCUT2D eigenvalue weighted by molar-refractivity contribution is 9.10. The summed E-state index contributed by atoms with van der Waals surface area (Å²) in [7, 11) is 0. The monoisotopic (exact) mass is 286 g/mol. The van der Waals surface area contributed by atoms with E-state index in [1.54, 1.807) is 0 Å². The maximum atomic E-state index is 8.80. The van der Waals surface area contributed by atoms with Gasteiger partial charge in [0.15, 0.2) is 0 Å². The van der Waals surface area contributed by atoms with Gasteiger partial charge in [-0.2, -0.15) is 5.26 Å². The van der Waals surface area contributed by atoms with Crippen molar-refractivity contribution in [3.05, 3.63) is 64.1 Å². The van der Waals surface area contributed by atoms with Gasteiger partial charge in [-0.1, -0.05) is 28.1 Å². The molecule has 0 aromatic heterocycles. The highest BCUT2D eigenvalue weighted by Crippen LogP contribution is 2.15. The Morgan fingerprint density at radius 2 is 1.88 bits per heavy atom. The number of benzene rings is 2. The van der Waals surface area contributed by atoms with Crippen molar-refractivity contribution in [2.75, 3.05) is 5.32 Å². The normalized spacial score (nSPS) is 9.65. The number of hydrogen-bond acceptors (Lipinski definition) is 2. The van der Waals surface area contributed by atoms with Crippen molar-refractivity contribution < 1.29 is 0 Å². The molecule has 2 aromatic rings. The molecule has 0 bridgehead atoms. The Balaban J connectivity index is 2.02. The van der Waals surface area contributed by atoms with Gasteiger partial charge in [0.1, 0.15) is 0 Å². The van der Waals surface area contributed by atoms with Gasteiger partial charge in [0, 0.05) is 16.7 Å². The second-order valence-corrected chi connectivity index (χ2v) is 4.59. The summed E-state index contributed by atoms with van der Waals surface area (Å²) in [6.07, 6.45) is 0. The lowest BCUT2D eigenvalue weighted by molar-refractivity contribution is 1.15. The minimum Gasteiger partial charge on any atom is -0.381 e. The molecule has 0 amide bonds. The SMILES string of the molecule is N#Cc1cccc(CNc2ccc(Br)cc2)c1. The Hall–Kier alpha value is -1.79. The molecule has 1 N–H and O–H groups in total. The van der Waals surface area contributed by atoms with Crippen molar-refractivity contribution in [3.63, 3.8) is 0 Å². The Bertz CT molecular complexity index is 541. The Morgan fingerprint density at radius 1 is 1.12 bits per heavy atom. The van der Waals surface area contributed by atoms with Gasteiger partial charge in [0.05, 0.1) is 11.6 Å². The smallest absolute Gasteiger partial charge is 0.0991 e. The Kier molecular flexibility index (Phi) is 3.79. The molecule has 17 heavy (non-hydrogen) atoms. The first-order valence-electron chi connectivity index (χ1n) is 5.26. The summed E-state index contributed by atoms with van der Waals surface area (Å²) in [6, 6.07) is 17.8. The van der Waals surface area contributed by atoms with Crippen LogP contribution in [0, 0.1) is 11.3 Å². The van der Waals surface area contributed by atoms with Gasteiger partial charge < -0.3 is 5.32 Å². The van der Waals surface area contributed by atoms with Crippen LogP contribution in [0.2, 0.25) is 0 Å². The van der Waals surface area contributed by atoms with E-state index < -0.39 is 0 Å². The fraction of sp³-hybridized carbons (Fsp3) is 0.0714. The van der Waals surface area contributed by atoms with E-state index in [-0.39, 0.29) is 0 Å². The number of anilines is 1. The zero-order valence-corrected chi connectivity index (χ0v) is 10.7. The van der Waals surface area contributed by atoms with Crippen molar-refractivity contribution in [2.45, 2.75) is 6.54 Å². The van der Waals surface area contributed by atoms with Gasteiger partial charge in [-0.25, -0.2) is 0 Å². The van der Waals surface area contributed by atoms with Crippen LogP contribution in [0.1, 0.15) is 11.1 Å². The lowest BCUT2D eigenvalue weighted by Gasteiger charge is -2.06. The number of nitriles is 1. The van der Waals surface area contributed by atoms with Crippen LogP contribution >= 0.6 is 15.9 Å². The number of nitrogens with zero attached hydrogens (tertiary/aromatic N) is 1. The third-order valence-electron chi connectivity index (χ3n) is 2.40. The zero-order chi connectivity index (χ0) is 12.1. The standard InChI is InChI=1S/C14H11BrN2/c15-13-4-6-14(7-5-13)17-10-12-3-1-2-11(8-12)9-16/h1-8,17H,10H2. The van der Waals surface area contributed by atoms with E-state index in [4.69, 9.17) is 5.26 Å². The molecule has 84 valence electrons. The summed E-state index contributed by atoms with van der Waals surface area (Å²) < 4.78 is 1.06. The highest BCUT2D eigenvalue weighted by atomic mass is 79.9. The maximum Gasteiger partial charge on any atom is 0.0991 e. The second-order valence-electron chi connectivity index (χ2n) is 3.67. The molecule has 2 rings (SSSR count). The molecule has 3 heteroatoms. The van der Waals surface area contributed by atoms with Crippen LogP contribution in [0.5, 0.6) is 0 Å². The molecular formula is C14H11BrN2. The van der Waals surface area contributed by atoms with Gasteiger partial charge in [-0.3, -0.25) is 0 Å². The quantitative estimate of drug-likeness (QED) is 0.928. The maximum absolute atomic E-state index is 8.80. The number of rotatable bonds is 3. The Labute approximate surface area is 109 Å². The van der Waals surface area contributed by atoms with Crippen molar-refractivity contribution in [1.82, 2.24) is 0 Å². The third kappa shape index (κ3) is 3.33. The van der Waals surface area contributed by atoms with Crippen LogP contribution in [0.3, 0.4) is 0 Å². The van der Waals surface area contributed by atoms with E-state index in [0.717, 1.165) is 22.3 Å². The van der Waals surface area contributed by atoms with Crippen molar-refractivity contribution in [1.29, 1.82) is 5.26 Å². The van der Waals surface area contributed by atoms with E-state index in [1.807, 2.05) is 48.5 Å². The zero-order valence-electron chi connectivity index (χ0n) is 9.15.